The van der Waals surface area contributed by atoms with Gasteiger partial charge in [-0.25, -0.2) is 0 Å². The lowest BCUT2D eigenvalue weighted by Crippen LogP contribution is -1.68. The first-order valence-corrected chi connectivity index (χ1v) is 4.30. The Kier molecular flexibility index (Phi) is 1.49. The van der Waals surface area contributed by atoms with Gasteiger partial charge in [-0.05, 0) is 6.07 Å². The number of nitrogens with zero attached hydrogens (tertiary/aromatic N) is 1. The highest BCUT2D eigenvalue weighted by molar-refractivity contribution is 7.17. The monoisotopic (exact) mass is 175 g/mol. The van der Waals surface area contributed by atoms with Crippen molar-refractivity contribution in [2.24, 2.45) is 0 Å². The van der Waals surface area contributed by atoms with Crippen molar-refractivity contribution in [1.82, 2.24) is 0 Å². The Hall–Kier alpha value is -1.53. The average Bonchev–Trinajstić information content (AvgIpc) is 2.49. The van der Waals surface area contributed by atoms with E-state index in [0.717, 1.165) is 10.1 Å². The van der Waals surface area contributed by atoms with Crippen molar-refractivity contribution in [3.8, 4) is 11.8 Å². The maximum absolute atomic E-state index is 9.38. The highest BCUT2D eigenvalue weighted by atomic mass is 32.1. The molecule has 58 valence electrons. The average molecular weight is 175 g/mol. The molecule has 0 atom stereocenters. The number of benzene rings is 1. The maximum atomic E-state index is 9.38. The molecule has 0 fully saturated rings. The molecular formula is C9H5NOS. The lowest BCUT2D eigenvalue weighted by atomic mass is 10.2. The molecule has 1 N–H and O–H groups in total. The molecule has 0 radical (unpaired) electrons. The highest BCUT2D eigenvalue weighted by Gasteiger charge is 2.05. The first kappa shape index (κ1) is 7.14. The Labute approximate surface area is 73.3 Å². The molecule has 0 amide bonds. The quantitative estimate of drug-likeness (QED) is 0.668. The van der Waals surface area contributed by atoms with E-state index < -0.39 is 0 Å². The van der Waals surface area contributed by atoms with E-state index in [1.807, 2.05) is 6.07 Å². The van der Waals surface area contributed by atoms with Crippen LogP contribution < -0.4 is 0 Å². The Morgan fingerprint density at radius 3 is 3.00 bits per heavy atom. The van der Waals surface area contributed by atoms with Crippen molar-refractivity contribution in [3.05, 3.63) is 29.1 Å². The molecule has 0 unspecified atom stereocenters. The molecule has 0 aliphatic carbocycles. The van der Waals surface area contributed by atoms with E-state index in [1.54, 1.807) is 17.5 Å². The van der Waals surface area contributed by atoms with Crippen LogP contribution in [0.5, 0.6) is 5.75 Å². The standard InChI is InChI=1S/C9H5NOS/c10-4-6-5-12-9-7(6)2-1-3-8(9)11/h1-3,5,11H. The van der Waals surface area contributed by atoms with Gasteiger partial charge in [0.1, 0.15) is 11.8 Å². The van der Waals surface area contributed by atoms with Gasteiger partial charge in [-0.1, -0.05) is 12.1 Å². The van der Waals surface area contributed by atoms with E-state index in [9.17, 15) is 5.11 Å². The number of thiophene rings is 1. The molecule has 1 aromatic heterocycles. The van der Waals surface area contributed by atoms with E-state index >= 15 is 0 Å². The summed E-state index contributed by atoms with van der Waals surface area (Å²) in [6.45, 7) is 0. The molecule has 2 rings (SSSR count). The predicted molar refractivity (Wildman–Crippen MR) is 48.2 cm³/mol. The van der Waals surface area contributed by atoms with Gasteiger partial charge < -0.3 is 5.11 Å². The maximum Gasteiger partial charge on any atom is 0.133 e. The summed E-state index contributed by atoms with van der Waals surface area (Å²) in [6, 6.07) is 7.28. The highest BCUT2D eigenvalue weighted by Crippen LogP contribution is 2.32. The zero-order chi connectivity index (χ0) is 8.55. The van der Waals surface area contributed by atoms with Gasteiger partial charge in [0, 0.05) is 10.8 Å². The van der Waals surface area contributed by atoms with Crippen molar-refractivity contribution in [1.29, 1.82) is 5.26 Å². The number of nitriles is 1. The molecule has 2 nitrogen and oxygen atoms in total. The molecular weight excluding hydrogens is 170 g/mol. The minimum Gasteiger partial charge on any atom is -0.506 e. The van der Waals surface area contributed by atoms with Crippen LogP contribution in [0.4, 0.5) is 0 Å². The van der Waals surface area contributed by atoms with Crippen LogP contribution in [0.25, 0.3) is 10.1 Å². The minimum atomic E-state index is 0.249. The topological polar surface area (TPSA) is 44.0 Å². The van der Waals surface area contributed by atoms with Crippen molar-refractivity contribution in [3.63, 3.8) is 0 Å². The first-order chi connectivity index (χ1) is 5.83. The van der Waals surface area contributed by atoms with Crippen molar-refractivity contribution < 1.29 is 5.11 Å². The van der Waals surface area contributed by atoms with Crippen LogP contribution in [-0.2, 0) is 0 Å². The molecule has 0 saturated carbocycles. The molecule has 0 aliphatic rings. The summed E-state index contributed by atoms with van der Waals surface area (Å²) in [5.41, 5.74) is 0.630. The summed E-state index contributed by atoms with van der Waals surface area (Å²) in [5.74, 6) is 0.249. The molecule has 12 heavy (non-hydrogen) atoms. The Bertz CT molecular complexity index is 467. The lowest BCUT2D eigenvalue weighted by Gasteiger charge is -1.91. The number of rotatable bonds is 0. The van der Waals surface area contributed by atoms with Gasteiger partial charge in [0.15, 0.2) is 0 Å². The van der Waals surface area contributed by atoms with Gasteiger partial charge in [-0.3, -0.25) is 0 Å². The smallest absolute Gasteiger partial charge is 0.133 e. The largest absolute Gasteiger partial charge is 0.506 e. The van der Waals surface area contributed by atoms with Gasteiger partial charge in [-0.15, -0.1) is 11.3 Å². The molecule has 0 spiro atoms. The number of aromatic hydroxyl groups is 1. The summed E-state index contributed by atoms with van der Waals surface area (Å²) < 4.78 is 0.786. The molecule has 2 aromatic rings. The predicted octanol–water partition coefficient (Wildman–Crippen LogP) is 2.48. The number of hydrogen-bond acceptors (Lipinski definition) is 3. The third kappa shape index (κ3) is 0.858. The second-order valence-corrected chi connectivity index (χ2v) is 3.29. The van der Waals surface area contributed by atoms with Crippen LogP contribution in [0.2, 0.25) is 0 Å². The van der Waals surface area contributed by atoms with Crippen molar-refractivity contribution in [2.45, 2.75) is 0 Å². The second-order valence-electron chi connectivity index (χ2n) is 2.42. The Morgan fingerprint density at radius 1 is 1.42 bits per heavy atom. The summed E-state index contributed by atoms with van der Waals surface area (Å²) in [6.07, 6.45) is 0. The third-order valence-electron chi connectivity index (χ3n) is 1.70. The number of fused-ring (bicyclic) bond motifs is 1. The Morgan fingerprint density at radius 2 is 2.25 bits per heavy atom. The summed E-state index contributed by atoms with van der Waals surface area (Å²) in [5, 5.41) is 20.7. The third-order valence-corrected chi connectivity index (χ3v) is 2.72. The van der Waals surface area contributed by atoms with Gasteiger partial charge >= 0.3 is 0 Å². The van der Waals surface area contributed by atoms with Crippen LogP contribution in [0.1, 0.15) is 5.56 Å². The SMILES string of the molecule is N#Cc1csc2c(O)cccc12. The van der Waals surface area contributed by atoms with Crippen LogP contribution in [0.15, 0.2) is 23.6 Å². The van der Waals surface area contributed by atoms with Crippen molar-refractivity contribution in [2.75, 3.05) is 0 Å². The van der Waals surface area contributed by atoms with Gasteiger partial charge in [-0.2, -0.15) is 5.26 Å². The number of phenols is 1. The second kappa shape index (κ2) is 2.50. The van der Waals surface area contributed by atoms with Gasteiger partial charge in [0.2, 0.25) is 0 Å². The zero-order valence-corrected chi connectivity index (χ0v) is 6.93. The molecule has 1 heterocycles. The van der Waals surface area contributed by atoms with Crippen LogP contribution in [-0.4, -0.2) is 5.11 Å². The lowest BCUT2D eigenvalue weighted by molar-refractivity contribution is 0.482. The minimum absolute atomic E-state index is 0.249. The van der Waals surface area contributed by atoms with E-state index in [2.05, 4.69) is 6.07 Å². The molecule has 3 heteroatoms. The summed E-state index contributed by atoms with van der Waals surface area (Å²) in [4.78, 5) is 0. The summed E-state index contributed by atoms with van der Waals surface area (Å²) >= 11 is 1.39. The fraction of sp³-hybridized carbons (Fsp3) is 0. The van der Waals surface area contributed by atoms with Crippen LogP contribution in [0.3, 0.4) is 0 Å². The number of hydrogen-bond donors (Lipinski definition) is 1. The zero-order valence-electron chi connectivity index (χ0n) is 6.11. The molecule has 1 aromatic carbocycles. The van der Waals surface area contributed by atoms with Crippen molar-refractivity contribution >= 4 is 21.4 Å². The van der Waals surface area contributed by atoms with E-state index in [0.29, 0.717) is 5.56 Å². The first-order valence-electron chi connectivity index (χ1n) is 3.42. The fourth-order valence-corrected chi connectivity index (χ4v) is 2.04. The van der Waals surface area contributed by atoms with Gasteiger partial charge in [0.25, 0.3) is 0 Å². The fourth-order valence-electron chi connectivity index (χ4n) is 1.13. The van der Waals surface area contributed by atoms with Crippen LogP contribution >= 0.6 is 11.3 Å². The number of phenolic OH excluding ortho intramolecular Hbond substituents is 1. The van der Waals surface area contributed by atoms with E-state index in [-0.39, 0.29) is 5.75 Å². The Balaban J connectivity index is 2.91. The normalized spacial score (nSPS) is 9.92. The van der Waals surface area contributed by atoms with Gasteiger partial charge in [0.05, 0.1) is 10.3 Å². The van der Waals surface area contributed by atoms with Crippen LogP contribution in [0, 0.1) is 11.3 Å². The van der Waals surface area contributed by atoms with E-state index in [4.69, 9.17) is 5.26 Å². The summed E-state index contributed by atoms with van der Waals surface area (Å²) in [7, 11) is 0. The molecule has 0 saturated heterocycles. The van der Waals surface area contributed by atoms with E-state index in [1.165, 1.54) is 11.3 Å². The molecule has 0 aliphatic heterocycles. The molecule has 0 bridgehead atoms.